The summed E-state index contributed by atoms with van der Waals surface area (Å²) in [5.41, 5.74) is 1.97. The summed E-state index contributed by atoms with van der Waals surface area (Å²) in [6.45, 7) is -1.00. The van der Waals surface area contributed by atoms with E-state index in [4.69, 9.17) is 0 Å². The molecule has 0 aliphatic heterocycles. The van der Waals surface area contributed by atoms with Crippen LogP contribution in [0, 0.1) is 6.92 Å². The van der Waals surface area contributed by atoms with Crippen molar-refractivity contribution in [1.82, 2.24) is 0 Å². The van der Waals surface area contributed by atoms with Gasteiger partial charge >= 0.3 is 6.61 Å². The lowest BCUT2D eigenvalue weighted by atomic mass is 10.1. The molecule has 0 aliphatic rings. The number of hydrogen-bond acceptors (Lipinski definition) is 2. The first-order valence-electron chi connectivity index (χ1n) is 6.39. The van der Waals surface area contributed by atoms with E-state index in [2.05, 4.69) is 4.74 Å². The highest BCUT2D eigenvalue weighted by atomic mass is 19.3. The number of benzene rings is 2. The van der Waals surface area contributed by atoms with Crippen LogP contribution in [0.1, 0.15) is 21.5 Å². The third-order valence-corrected chi connectivity index (χ3v) is 2.85. The van der Waals surface area contributed by atoms with E-state index in [0.717, 1.165) is 5.56 Å². The van der Waals surface area contributed by atoms with Crippen molar-refractivity contribution < 1.29 is 18.3 Å². The summed E-state index contributed by atoms with van der Waals surface area (Å²) in [5.74, 6) is -0.147. The van der Waals surface area contributed by atoms with E-state index in [1.54, 1.807) is 36.4 Å². The van der Waals surface area contributed by atoms with Crippen LogP contribution in [0.5, 0.6) is 5.75 Å². The normalized spacial score (nSPS) is 11.0. The minimum Gasteiger partial charge on any atom is -0.434 e. The molecule has 2 nitrogen and oxygen atoms in total. The average Bonchev–Trinajstić information content (AvgIpc) is 2.45. The van der Waals surface area contributed by atoms with Gasteiger partial charge in [0.05, 0.1) is 0 Å². The number of hydrogen-bond donors (Lipinski definition) is 0. The molecule has 0 aliphatic carbocycles. The average molecular weight is 288 g/mol. The second-order valence-electron chi connectivity index (χ2n) is 4.48. The highest BCUT2D eigenvalue weighted by molar-refractivity contribution is 6.07. The van der Waals surface area contributed by atoms with E-state index in [0.29, 0.717) is 11.1 Å². The Bertz CT molecular complexity index is 663. The first kappa shape index (κ1) is 14.9. The molecular weight excluding hydrogens is 274 g/mol. The molecule has 0 saturated carbocycles. The monoisotopic (exact) mass is 288 g/mol. The van der Waals surface area contributed by atoms with E-state index in [-0.39, 0.29) is 11.5 Å². The Morgan fingerprint density at radius 2 is 1.90 bits per heavy atom. The molecular formula is C17H14F2O2. The van der Waals surface area contributed by atoms with Gasteiger partial charge in [-0.05, 0) is 31.2 Å². The Morgan fingerprint density at radius 1 is 1.14 bits per heavy atom. The van der Waals surface area contributed by atoms with Gasteiger partial charge in [0.25, 0.3) is 0 Å². The minimum absolute atomic E-state index is 0.0424. The predicted octanol–water partition coefficient (Wildman–Crippen LogP) is 4.49. The Morgan fingerprint density at radius 3 is 2.62 bits per heavy atom. The zero-order valence-corrected chi connectivity index (χ0v) is 11.4. The van der Waals surface area contributed by atoms with Crippen LogP contribution in [0.15, 0.2) is 54.6 Å². The smallest absolute Gasteiger partial charge is 0.387 e. The second-order valence-corrected chi connectivity index (χ2v) is 4.48. The largest absolute Gasteiger partial charge is 0.434 e. The predicted molar refractivity (Wildman–Crippen MR) is 77.6 cm³/mol. The number of allylic oxidation sites excluding steroid dienone is 1. The van der Waals surface area contributed by atoms with E-state index in [1.807, 2.05) is 13.0 Å². The van der Waals surface area contributed by atoms with Gasteiger partial charge in [0.1, 0.15) is 5.75 Å². The van der Waals surface area contributed by atoms with Crippen LogP contribution < -0.4 is 4.74 Å². The van der Waals surface area contributed by atoms with Crippen molar-refractivity contribution in [3.05, 3.63) is 71.3 Å². The highest BCUT2D eigenvalue weighted by Crippen LogP contribution is 2.21. The topological polar surface area (TPSA) is 26.3 Å². The van der Waals surface area contributed by atoms with Crippen molar-refractivity contribution in [1.29, 1.82) is 0 Å². The molecule has 0 fully saturated rings. The SMILES string of the molecule is Cc1cccc(C(=O)C=Cc2ccccc2OC(F)F)c1. The molecule has 2 aromatic carbocycles. The molecule has 0 saturated heterocycles. The highest BCUT2D eigenvalue weighted by Gasteiger charge is 2.08. The van der Waals surface area contributed by atoms with Crippen LogP contribution >= 0.6 is 0 Å². The van der Waals surface area contributed by atoms with E-state index in [1.165, 1.54) is 18.2 Å². The Balaban J connectivity index is 2.19. The van der Waals surface area contributed by atoms with Crippen molar-refractivity contribution in [2.75, 3.05) is 0 Å². The quantitative estimate of drug-likeness (QED) is 0.598. The van der Waals surface area contributed by atoms with Gasteiger partial charge in [0, 0.05) is 11.1 Å². The third-order valence-electron chi connectivity index (χ3n) is 2.85. The van der Waals surface area contributed by atoms with E-state index < -0.39 is 6.61 Å². The van der Waals surface area contributed by atoms with Gasteiger partial charge in [0.15, 0.2) is 5.78 Å². The number of rotatable bonds is 5. The first-order chi connectivity index (χ1) is 10.1. The molecule has 21 heavy (non-hydrogen) atoms. The maximum absolute atomic E-state index is 12.3. The lowest BCUT2D eigenvalue weighted by Crippen LogP contribution is -2.03. The molecule has 0 N–H and O–H groups in total. The number of aryl methyl sites for hydroxylation is 1. The number of carbonyl (C=O) groups is 1. The summed E-state index contributed by atoms with van der Waals surface area (Å²) in [6, 6.07) is 13.5. The van der Waals surface area contributed by atoms with Crippen LogP contribution in [0.4, 0.5) is 8.78 Å². The first-order valence-corrected chi connectivity index (χ1v) is 6.39. The van der Waals surface area contributed by atoms with Crippen LogP contribution in [0.3, 0.4) is 0 Å². The number of para-hydroxylation sites is 1. The van der Waals surface area contributed by atoms with Gasteiger partial charge in [0.2, 0.25) is 0 Å². The maximum Gasteiger partial charge on any atom is 0.387 e. The summed E-state index contributed by atoms with van der Waals surface area (Å²) >= 11 is 0. The Hall–Kier alpha value is -2.49. The molecule has 0 atom stereocenters. The fraction of sp³-hybridized carbons (Fsp3) is 0.118. The fourth-order valence-corrected chi connectivity index (χ4v) is 1.88. The molecule has 0 bridgehead atoms. The fourth-order valence-electron chi connectivity index (χ4n) is 1.88. The number of ketones is 1. The number of ether oxygens (including phenoxy) is 1. The zero-order chi connectivity index (χ0) is 15.2. The summed E-state index contributed by atoms with van der Waals surface area (Å²) in [6.07, 6.45) is 2.82. The van der Waals surface area contributed by atoms with Crippen LogP contribution in [-0.4, -0.2) is 12.4 Å². The minimum atomic E-state index is -2.90. The van der Waals surface area contributed by atoms with Crippen molar-refractivity contribution >= 4 is 11.9 Å². The van der Waals surface area contributed by atoms with Crippen molar-refractivity contribution in [2.24, 2.45) is 0 Å². The standard InChI is InChI=1S/C17H14F2O2/c1-12-5-4-7-14(11-12)15(20)10-9-13-6-2-3-8-16(13)21-17(18)19/h2-11,17H,1H3. The summed E-state index contributed by atoms with van der Waals surface area (Å²) in [5, 5.41) is 0. The van der Waals surface area contributed by atoms with Crippen LogP contribution in [-0.2, 0) is 0 Å². The van der Waals surface area contributed by atoms with E-state index in [9.17, 15) is 13.6 Å². The summed E-state index contributed by atoms with van der Waals surface area (Å²) < 4.78 is 29.0. The zero-order valence-electron chi connectivity index (χ0n) is 11.4. The van der Waals surface area contributed by atoms with Crippen molar-refractivity contribution in [3.63, 3.8) is 0 Å². The van der Waals surface area contributed by atoms with Crippen molar-refractivity contribution in [2.45, 2.75) is 13.5 Å². The molecule has 2 rings (SSSR count). The van der Waals surface area contributed by atoms with Gasteiger partial charge in [-0.2, -0.15) is 8.78 Å². The van der Waals surface area contributed by atoms with Gasteiger partial charge in [-0.3, -0.25) is 4.79 Å². The van der Waals surface area contributed by atoms with Crippen LogP contribution in [0.2, 0.25) is 0 Å². The number of alkyl halides is 2. The summed E-state index contributed by atoms with van der Waals surface area (Å²) in [7, 11) is 0. The van der Waals surface area contributed by atoms with Crippen LogP contribution in [0.25, 0.3) is 6.08 Å². The number of halogens is 2. The lowest BCUT2D eigenvalue weighted by molar-refractivity contribution is -0.0499. The van der Waals surface area contributed by atoms with Crippen molar-refractivity contribution in [3.8, 4) is 5.75 Å². The van der Waals surface area contributed by atoms with Gasteiger partial charge < -0.3 is 4.74 Å². The van der Waals surface area contributed by atoms with Gasteiger partial charge in [-0.25, -0.2) is 0 Å². The van der Waals surface area contributed by atoms with E-state index >= 15 is 0 Å². The molecule has 0 amide bonds. The molecule has 2 aromatic rings. The molecule has 0 aromatic heterocycles. The summed E-state index contributed by atoms with van der Waals surface area (Å²) in [4.78, 5) is 12.0. The molecule has 0 spiro atoms. The second kappa shape index (κ2) is 6.79. The Labute approximate surface area is 121 Å². The van der Waals surface area contributed by atoms with Gasteiger partial charge in [-0.15, -0.1) is 0 Å². The maximum atomic E-state index is 12.3. The van der Waals surface area contributed by atoms with Gasteiger partial charge in [-0.1, -0.05) is 42.0 Å². The number of carbonyl (C=O) groups excluding carboxylic acids is 1. The molecule has 0 unspecified atom stereocenters. The molecule has 0 radical (unpaired) electrons. The lowest BCUT2D eigenvalue weighted by Gasteiger charge is -2.07. The molecule has 108 valence electrons. The third kappa shape index (κ3) is 4.24. The Kier molecular flexibility index (Phi) is 4.82. The molecule has 0 heterocycles. The molecule has 4 heteroatoms.